The predicted octanol–water partition coefficient (Wildman–Crippen LogP) is 1.96. The fourth-order valence-corrected chi connectivity index (χ4v) is 2.08. The van der Waals surface area contributed by atoms with E-state index in [0.717, 1.165) is 17.2 Å². The standard InChI is InChI=1S/C7H12B/c1-3-8-7-4-6(7)5(7)2/h5-6H,3-4H2,1-2H3. The molecule has 1 radical (unpaired) electrons. The van der Waals surface area contributed by atoms with E-state index < -0.39 is 0 Å². The first-order chi connectivity index (χ1) is 3.81. The van der Waals surface area contributed by atoms with Gasteiger partial charge in [0, 0.05) is 0 Å². The molecule has 0 aromatic rings. The molecule has 3 atom stereocenters. The molecule has 2 rings (SSSR count). The Morgan fingerprint density at radius 1 is 1.75 bits per heavy atom. The number of hydrogen-bond acceptors (Lipinski definition) is 0. The van der Waals surface area contributed by atoms with Gasteiger partial charge in [0.1, 0.15) is 7.28 Å². The van der Waals surface area contributed by atoms with Crippen LogP contribution in [0.1, 0.15) is 20.3 Å². The lowest BCUT2D eigenvalue weighted by atomic mass is 9.62. The van der Waals surface area contributed by atoms with Crippen LogP contribution in [0.2, 0.25) is 11.6 Å². The Morgan fingerprint density at radius 2 is 2.38 bits per heavy atom. The smallest absolute Gasteiger partial charge is 0.0823 e. The minimum atomic E-state index is 0.800. The summed E-state index contributed by atoms with van der Waals surface area (Å²) in [5.74, 6) is 2.19. The quantitative estimate of drug-likeness (QED) is 0.473. The van der Waals surface area contributed by atoms with E-state index in [9.17, 15) is 0 Å². The molecule has 1 heteroatoms. The van der Waals surface area contributed by atoms with E-state index in [4.69, 9.17) is 0 Å². The fourth-order valence-electron chi connectivity index (χ4n) is 2.08. The molecule has 0 spiro atoms. The lowest BCUT2D eigenvalue weighted by molar-refractivity contribution is 0.684. The van der Waals surface area contributed by atoms with E-state index in [1.165, 1.54) is 12.7 Å². The Labute approximate surface area is 51.9 Å². The zero-order valence-corrected chi connectivity index (χ0v) is 5.65. The van der Waals surface area contributed by atoms with E-state index in [1.807, 2.05) is 0 Å². The number of hydrogen-bond donors (Lipinski definition) is 0. The van der Waals surface area contributed by atoms with Crippen LogP contribution in [-0.4, -0.2) is 7.28 Å². The molecular weight excluding hydrogens is 94.9 g/mol. The summed E-state index contributed by atoms with van der Waals surface area (Å²) in [4.78, 5) is 0. The second-order valence-corrected chi connectivity index (χ2v) is 3.32. The summed E-state index contributed by atoms with van der Waals surface area (Å²) in [5, 5.41) is 0.800. The summed E-state index contributed by atoms with van der Waals surface area (Å²) in [7, 11) is 2.52. The summed E-state index contributed by atoms with van der Waals surface area (Å²) in [5.41, 5.74) is 0. The zero-order chi connectivity index (χ0) is 5.78. The van der Waals surface area contributed by atoms with E-state index in [2.05, 4.69) is 21.1 Å². The van der Waals surface area contributed by atoms with Crippen molar-refractivity contribution in [1.82, 2.24) is 0 Å². The van der Waals surface area contributed by atoms with E-state index >= 15 is 0 Å². The summed E-state index contributed by atoms with van der Waals surface area (Å²) < 4.78 is 0. The van der Waals surface area contributed by atoms with Gasteiger partial charge in [-0.15, -0.1) is 0 Å². The van der Waals surface area contributed by atoms with Crippen molar-refractivity contribution in [2.75, 3.05) is 0 Å². The third kappa shape index (κ3) is 0.351. The summed E-state index contributed by atoms with van der Waals surface area (Å²) >= 11 is 0. The Bertz CT molecular complexity index is 116. The van der Waals surface area contributed by atoms with Crippen LogP contribution < -0.4 is 0 Å². The highest BCUT2D eigenvalue weighted by Gasteiger charge is 2.74. The highest BCUT2D eigenvalue weighted by Crippen LogP contribution is 2.85. The monoisotopic (exact) mass is 107 g/mol. The SMILES string of the molecule is CC[B]C12CC1C2C. The summed E-state index contributed by atoms with van der Waals surface area (Å²) in [6, 6.07) is 0. The molecule has 0 aliphatic heterocycles. The van der Waals surface area contributed by atoms with Crippen LogP contribution in [0.25, 0.3) is 0 Å². The van der Waals surface area contributed by atoms with Crippen molar-refractivity contribution in [3.63, 3.8) is 0 Å². The molecule has 2 fully saturated rings. The highest BCUT2D eigenvalue weighted by atomic mass is 14.7. The van der Waals surface area contributed by atoms with Crippen molar-refractivity contribution in [3.05, 3.63) is 0 Å². The van der Waals surface area contributed by atoms with Crippen molar-refractivity contribution in [2.45, 2.75) is 31.9 Å². The molecule has 2 aliphatic carbocycles. The van der Waals surface area contributed by atoms with Gasteiger partial charge in [-0.25, -0.2) is 0 Å². The van der Waals surface area contributed by atoms with E-state index in [1.54, 1.807) is 0 Å². The lowest BCUT2D eigenvalue weighted by Crippen LogP contribution is -1.96. The van der Waals surface area contributed by atoms with E-state index in [-0.39, 0.29) is 0 Å². The predicted molar refractivity (Wildman–Crippen MR) is 36.2 cm³/mol. The molecule has 0 amide bonds. The normalized spacial score (nSPS) is 57.2. The molecule has 0 aromatic heterocycles. The molecule has 43 valence electrons. The zero-order valence-electron chi connectivity index (χ0n) is 5.65. The first kappa shape index (κ1) is 4.90. The Hall–Kier alpha value is 0.0649. The van der Waals surface area contributed by atoms with Gasteiger partial charge in [-0.2, -0.15) is 0 Å². The topological polar surface area (TPSA) is 0 Å². The summed E-state index contributed by atoms with van der Waals surface area (Å²) in [6.45, 7) is 4.62. The Kier molecular flexibility index (Phi) is 0.701. The lowest BCUT2D eigenvalue weighted by Gasteiger charge is -2.01. The highest BCUT2D eigenvalue weighted by molar-refractivity contribution is 6.43. The number of rotatable bonds is 2. The molecule has 0 nitrogen and oxygen atoms in total. The van der Waals surface area contributed by atoms with Crippen LogP contribution >= 0.6 is 0 Å². The van der Waals surface area contributed by atoms with Crippen LogP contribution in [0, 0.1) is 11.8 Å². The average Bonchev–Trinajstić information content (AvgIpc) is 2.55. The van der Waals surface area contributed by atoms with Gasteiger partial charge in [0.05, 0.1) is 0 Å². The molecular formula is C7H12B. The van der Waals surface area contributed by atoms with Gasteiger partial charge in [0.25, 0.3) is 0 Å². The maximum Gasteiger partial charge on any atom is 0.118 e. The second-order valence-electron chi connectivity index (χ2n) is 3.32. The second kappa shape index (κ2) is 1.15. The molecule has 0 heterocycles. The number of fused-ring (bicyclic) bond motifs is 1. The molecule has 2 aliphatic rings. The molecule has 0 bridgehead atoms. The maximum absolute atomic E-state index is 2.52. The van der Waals surface area contributed by atoms with E-state index in [0.29, 0.717) is 0 Å². The third-order valence-corrected chi connectivity index (χ3v) is 3.03. The molecule has 2 saturated carbocycles. The van der Waals surface area contributed by atoms with Crippen LogP contribution in [0.3, 0.4) is 0 Å². The van der Waals surface area contributed by atoms with Gasteiger partial charge in [0.15, 0.2) is 0 Å². The maximum atomic E-state index is 2.52. The minimum absolute atomic E-state index is 0.800. The molecule has 0 saturated heterocycles. The van der Waals surface area contributed by atoms with Gasteiger partial charge in [-0.05, 0) is 11.8 Å². The molecule has 0 aromatic carbocycles. The molecule has 8 heavy (non-hydrogen) atoms. The average molecular weight is 107 g/mol. The van der Waals surface area contributed by atoms with Crippen LogP contribution in [0.15, 0.2) is 0 Å². The Morgan fingerprint density at radius 3 is 2.50 bits per heavy atom. The van der Waals surface area contributed by atoms with Crippen molar-refractivity contribution in [2.24, 2.45) is 11.8 Å². The van der Waals surface area contributed by atoms with Crippen molar-refractivity contribution in [1.29, 1.82) is 0 Å². The molecule has 0 N–H and O–H groups in total. The third-order valence-electron chi connectivity index (χ3n) is 3.03. The van der Waals surface area contributed by atoms with Crippen LogP contribution in [0.4, 0.5) is 0 Å². The van der Waals surface area contributed by atoms with Crippen molar-refractivity contribution >= 4 is 7.28 Å². The first-order valence-corrected chi connectivity index (χ1v) is 3.65. The minimum Gasteiger partial charge on any atom is -0.0823 e. The van der Waals surface area contributed by atoms with Gasteiger partial charge in [0.2, 0.25) is 0 Å². The van der Waals surface area contributed by atoms with Gasteiger partial charge in [-0.3, -0.25) is 0 Å². The van der Waals surface area contributed by atoms with Crippen LogP contribution in [0.5, 0.6) is 0 Å². The first-order valence-electron chi connectivity index (χ1n) is 3.65. The largest absolute Gasteiger partial charge is 0.118 e. The van der Waals surface area contributed by atoms with Crippen molar-refractivity contribution < 1.29 is 0 Å². The van der Waals surface area contributed by atoms with Gasteiger partial charge in [-0.1, -0.05) is 31.9 Å². The molecule has 3 unspecified atom stereocenters. The fraction of sp³-hybridized carbons (Fsp3) is 1.00. The van der Waals surface area contributed by atoms with Crippen molar-refractivity contribution in [3.8, 4) is 0 Å². The summed E-state index contributed by atoms with van der Waals surface area (Å²) in [6.07, 6.45) is 2.79. The van der Waals surface area contributed by atoms with Gasteiger partial charge >= 0.3 is 0 Å². The van der Waals surface area contributed by atoms with Crippen LogP contribution in [-0.2, 0) is 0 Å². The Balaban J connectivity index is 1.91. The van der Waals surface area contributed by atoms with Gasteiger partial charge < -0.3 is 0 Å².